The molecule has 0 radical (unpaired) electrons. The minimum atomic E-state index is 0.582. The predicted molar refractivity (Wildman–Crippen MR) is 49.4 cm³/mol. The van der Waals surface area contributed by atoms with Crippen molar-refractivity contribution in [3.8, 4) is 11.6 Å². The number of aromatic nitrogens is 5. The molecule has 0 saturated carbocycles. The summed E-state index contributed by atoms with van der Waals surface area (Å²) in [5, 5.41) is 10.3. The van der Waals surface area contributed by atoms with Gasteiger partial charge in [-0.2, -0.15) is 14.5 Å². The molecule has 0 aliphatic carbocycles. The SMILES string of the molecule is CCNc1nc(-c2ncn[nH]2)ns1. The number of H-pyrrole nitrogens is 1. The minimum absolute atomic E-state index is 0.582. The lowest BCUT2D eigenvalue weighted by molar-refractivity contribution is 1.08. The zero-order valence-corrected chi connectivity index (χ0v) is 7.80. The van der Waals surface area contributed by atoms with E-state index in [4.69, 9.17) is 0 Å². The fourth-order valence-corrected chi connectivity index (χ4v) is 1.49. The van der Waals surface area contributed by atoms with Crippen LogP contribution in [-0.4, -0.2) is 31.1 Å². The van der Waals surface area contributed by atoms with Crippen molar-refractivity contribution in [2.45, 2.75) is 6.92 Å². The molecule has 0 aliphatic heterocycles. The second kappa shape index (κ2) is 3.48. The van der Waals surface area contributed by atoms with Gasteiger partial charge in [-0.25, -0.2) is 4.98 Å². The molecule has 6 nitrogen and oxygen atoms in total. The summed E-state index contributed by atoms with van der Waals surface area (Å²) in [6.07, 6.45) is 1.43. The van der Waals surface area contributed by atoms with Gasteiger partial charge in [0.15, 0.2) is 5.82 Å². The smallest absolute Gasteiger partial charge is 0.212 e. The first-order valence-electron chi connectivity index (χ1n) is 3.83. The Hall–Kier alpha value is -1.50. The first-order chi connectivity index (χ1) is 6.40. The fraction of sp³-hybridized carbons (Fsp3) is 0.333. The van der Waals surface area contributed by atoms with Crippen molar-refractivity contribution in [2.75, 3.05) is 11.9 Å². The van der Waals surface area contributed by atoms with Gasteiger partial charge in [-0.1, -0.05) is 0 Å². The molecule has 2 rings (SSSR count). The van der Waals surface area contributed by atoms with E-state index in [-0.39, 0.29) is 0 Å². The summed E-state index contributed by atoms with van der Waals surface area (Å²) in [5.74, 6) is 1.18. The van der Waals surface area contributed by atoms with Crippen LogP contribution in [0.4, 0.5) is 5.13 Å². The van der Waals surface area contributed by atoms with Crippen LogP contribution in [0.2, 0.25) is 0 Å². The highest BCUT2D eigenvalue weighted by molar-refractivity contribution is 7.09. The maximum atomic E-state index is 4.20. The second-order valence-electron chi connectivity index (χ2n) is 2.29. The summed E-state index contributed by atoms with van der Waals surface area (Å²) in [6, 6.07) is 0. The number of hydrogen-bond donors (Lipinski definition) is 2. The van der Waals surface area contributed by atoms with Crippen LogP contribution < -0.4 is 5.32 Å². The van der Waals surface area contributed by atoms with Gasteiger partial charge in [0.1, 0.15) is 6.33 Å². The quantitative estimate of drug-likeness (QED) is 0.757. The highest BCUT2D eigenvalue weighted by atomic mass is 32.1. The van der Waals surface area contributed by atoms with E-state index >= 15 is 0 Å². The van der Waals surface area contributed by atoms with Gasteiger partial charge in [-0.15, -0.1) is 0 Å². The van der Waals surface area contributed by atoms with Gasteiger partial charge >= 0.3 is 0 Å². The van der Waals surface area contributed by atoms with Crippen molar-refractivity contribution in [3.63, 3.8) is 0 Å². The van der Waals surface area contributed by atoms with Crippen LogP contribution in [0.1, 0.15) is 6.92 Å². The third-order valence-corrected chi connectivity index (χ3v) is 2.05. The Kier molecular flexibility index (Phi) is 2.17. The Balaban J connectivity index is 2.23. The largest absolute Gasteiger partial charge is 0.361 e. The highest BCUT2D eigenvalue weighted by Gasteiger charge is 2.07. The number of nitrogens with one attached hydrogen (secondary N) is 2. The molecule has 7 heteroatoms. The Bertz CT molecular complexity index is 366. The van der Waals surface area contributed by atoms with Crippen LogP contribution >= 0.6 is 11.5 Å². The maximum absolute atomic E-state index is 4.20. The standard InChI is InChI=1S/C6H8N6S/c1-2-7-6-10-5(12-13-6)4-8-3-9-11-4/h3H,2H2,1H3,(H,7,10,12)(H,8,9,11). The fourth-order valence-electron chi connectivity index (χ4n) is 0.856. The lowest BCUT2D eigenvalue weighted by Crippen LogP contribution is -1.95. The Morgan fingerprint density at radius 3 is 3.23 bits per heavy atom. The molecule has 0 unspecified atom stereocenters. The van der Waals surface area contributed by atoms with Crippen molar-refractivity contribution in [1.29, 1.82) is 0 Å². The van der Waals surface area contributed by atoms with Crippen LogP contribution in [0.15, 0.2) is 6.33 Å². The molecular weight excluding hydrogens is 188 g/mol. The molecule has 0 amide bonds. The Morgan fingerprint density at radius 2 is 2.54 bits per heavy atom. The topological polar surface area (TPSA) is 79.4 Å². The molecule has 0 spiro atoms. The number of hydrogen-bond acceptors (Lipinski definition) is 6. The van der Waals surface area contributed by atoms with E-state index in [2.05, 4.69) is 29.9 Å². The van der Waals surface area contributed by atoms with Crippen LogP contribution in [-0.2, 0) is 0 Å². The van der Waals surface area contributed by atoms with Crippen molar-refractivity contribution in [2.24, 2.45) is 0 Å². The van der Waals surface area contributed by atoms with Gasteiger partial charge in [0, 0.05) is 18.1 Å². The van der Waals surface area contributed by atoms with E-state index in [1.807, 2.05) is 6.92 Å². The van der Waals surface area contributed by atoms with Crippen LogP contribution in [0.25, 0.3) is 11.6 Å². The molecule has 0 aromatic carbocycles. The van der Waals surface area contributed by atoms with Crippen LogP contribution in [0.3, 0.4) is 0 Å². The van der Waals surface area contributed by atoms with Crippen molar-refractivity contribution in [1.82, 2.24) is 24.5 Å². The lowest BCUT2D eigenvalue weighted by atomic mass is 10.6. The van der Waals surface area contributed by atoms with Crippen molar-refractivity contribution < 1.29 is 0 Å². The average molecular weight is 196 g/mol. The summed E-state index contributed by atoms with van der Waals surface area (Å²) >= 11 is 1.31. The molecule has 13 heavy (non-hydrogen) atoms. The van der Waals surface area contributed by atoms with Gasteiger partial charge in [0.05, 0.1) is 0 Å². The molecule has 2 heterocycles. The Morgan fingerprint density at radius 1 is 1.62 bits per heavy atom. The van der Waals surface area contributed by atoms with E-state index in [0.717, 1.165) is 11.7 Å². The molecule has 0 atom stereocenters. The normalized spacial score (nSPS) is 10.2. The summed E-state index contributed by atoms with van der Waals surface area (Å²) in [7, 11) is 0. The van der Waals surface area contributed by atoms with E-state index in [0.29, 0.717) is 11.6 Å². The summed E-state index contributed by atoms with van der Waals surface area (Å²) in [4.78, 5) is 8.15. The number of anilines is 1. The van der Waals surface area contributed by atoms with Crippen LogP contribution in [0, 0.1) is 0 Å². The molecule has 0 bridgehead atoms. The minimum Gasteiger partial charge on any atom is -0.361 e. The zero-order valence-electron chi connectivity index (χ0n) is 6.98. The molecule has 2 N–H and O–H groups in total. The third-order valence-electron chi connectivity index (χ3n) is 1.38. The van der Waals surface area contributed by atoms with E-state index in [1.54, 1.807) is 0 Å². The predicted octanol–water partition coefficient (Wildman–Crippen LogP) is 0.755. The molecule has 2 aromatic heterocycles. The lowest BCUT2D eigenvalue weighted by Gasteiger charge is -1.91. The van der Waals surface area contributed by atoms with Gasteiger partial charge in [0.25, 0.3) is 0 Å². The first-order valence-corrected chi connectivity index (χ1v) is 4.61. The first kappa shape index (κ1) is 8.11. The average Bonchev–Trinajstić information content (AvgIpc) is 2.70. The summed E-state index contributed by atoms with van der Waals surface area (Å²) in [6.45, 7) is 2.85. The monoisotopic (exact) mass is 196 g/mol. The molecule has 0 aliphatic rings. The Labute approximate surface area is 78.6 Å². The third kappa shape index (κ3) is 1.64. The number of aromatic amines is 1. The zero-order chi connectivity index (χ0) is 9.10. The maximum Gasteiger partial charge on any atom is 0.212 e. The number of rotatable bonds is 3. The summed E-state index contributed by atoms with van der Waals surface area (Å²) in [5.41, 5.74) is 0. The van der Waals surface area contributed by atoms with Crippen LogP contribution in [0.5, 0.6) is 0 Å². The molecule has 0 saturated heterocycles. The van der Waals surface area contributed by atoms with E-state index in [9.17, 15) is 0 Å². The summed E-state index contributed by atoms with van der Waals surface area (Å²) < 4.78 is 4.11. The van der Waals surface area contributed by atoms with Gasteiger partial charge in [-0.05, 0) is 6.92 Å². The molecule has 68 valence electrons. The second-order valence-corrected chi connectivity index (χ2v) is 3.04. The van der Waals surface area contributed by atoms with Gasteiger partial charge in [-0.3, -0.25) is 5.10 Å². The van der Waals surface area contributed by atoms with Gasteiger partial charge < -0.3 is 5.32 Å². The highest BCUT2D eigenvalue weighted by Crippen LogP contribution is 2.16. The molecule has 0 fully saturated rings. The number of nitrogens with zero attached hydrogens (tertiary/aromatic N) is 4. The van der Waals surface area contributed by atoms with Crippen molar-refractivity contribution >= 4 is 16.7 Å². The van der Waals surface area contributed by atoms with Crippen molar-refractivity contribution in [3.05, 3.63) is 6.33 Å². The molecule has 2 aromatic rings. The molecular formula is C6H8N6S. The van der Waals surface area contributed by atoms with E-state index in [1.165, 1.54) is 17.9 Å². The van der Waals surface area contributed by atoms with Gasteiger partial charge in [0.2, 0.25) is 11.0 Å². The van der Waals surface area contributed by atoms with E-state index < -0.39 is 0 Å².